The Morgan fingerprint density at radius 3 is 2.42 bits per heavy atom. The molecule has 1 aromatic carbocycles. The molecule has 3 rings (SSSR count). The number of rotatable bonds is 5. The number of halogens is 6. The van der Waals surface area contributed by atoms with E-state index in [0.29, 0.717) is 12.1 Å². The lowest BCUT2D eigenvalue weighted by Gasteiger charge is -2.29. The van der Waals surface area contributed by atoms with Gasteiger partial charge in [-0.3, -0.25) is 4.79 Å². The van der Waals surface area contributed by atoms with Gasteiger partial charge in [0.1, 0.15) is 5.82 Å². The first-order chi connectivity index (χ1) is 14.5. The summed E-state index contributed by atoms with van der Waals surface area (Å²) in [7, 11) is 0. The van der Waals surface area contributed by atoms with Gasteiger partial charge in [-0.2, -0.15) is 13.2 Å². The van der Waals surface area contributed by atoms with Crippen molar-refractivity contribution in [3.63, 3.8) is 0 Å². The van der Waals surface area contributed by atoms with Crippen molar-refractivity contribution in [3.05, 3.63) is 46.8 Å². The minimum atomic E-state index is -4.69. The van der Waals surface area contributed by atoms with Gasteiger partial charge in [0.25, 0.3) is 0 Å². The van der Waals surface area contributed by atoms with E-state index in [1.54, 1.807) is 0 Å². The van der Waals surface area contributed by atoms with Crippen molar-refractivity contribution in [3.8, 4) is 0 Å². The second-order valence-corrected chi connectivity index (χ2v) is 6.88. The first-order valence-corrected chi connectivity index (χ1v) is 8.92. The lowest BCUT2D eigenvalue weighted by atomic mass is 10.0. The zero-order chi connectivity index (χ0) is 22.9. The minimum Gasteiger partial charge on any atom is -0.352 e. The van der Waals surface area contributed by atoms with Crippen molar-refractivity contribution < 1.29 is 35.9 Å². The molecule has 0 saturated carbocycles. The number of hydrogen-bond donors (Lipinski definition) is 2. The zero-order valence-corrected chi connectivity index (χ0v) is 15.7. The third-order valence-electron chi connectivity index (χ3n) is 4.68. The number of hydrogen-bond acceptors (Lipinski definition) is 4. The summed E-state index contributed by atoms with van der Waals surface area (Å²) in [5, 5.41) is 8.81. The number of aromatic nitrogens is 3. The summed E-state index contributed by atoms with van der Waals surface area (Å²) in [5.74, 6) is -5.61. The molecular weight excluding hydrogens is 434 g/mol. The second-order valence-electron chi connectivity index (χ2n) is 6.88. The number of amides is 3. The Hall–Kier alpha value is -3.32. The van der Waals surface area contributed by atoms with Crippen LogP contribution in [0.4, 0.5) is 31.1 Å². The number of urea groups is 1. The molecule has 2 heterocycles. The Morgan fingerprint density at radius 1 is 1.10 bits per heavy atom. The molecule has 31 heavy (non-hydrogen) atoms. The first kappa shape index (κ1) is 22.4. The molecule has 1 aliphatic rings. The average molecular weight is 450 g/mol. The van der Waals surface area contributed by atoms with E-state index < -0.39 is 53.9 Å². The zero-order valence-electron chi connectivity index (χ0n) is 15.7. The van der Waals surface area contributed by atoms with E-state index in [4.69, 9.17) is 5.73 Å². The van der Waals surface area contributed by atoms with Gasteiger partial charge >= 0.3 is 12.2 Å². The molecule has 0 radical (unpaired) electrons. The first-order valence-electron chi connectivity index (χ1n) is 8.92. The highest BCUT2D eigenvalue weighted by Crippen LogP contribution is 2.29. The van der Waals surface area contributed by atoms with Crippen LogP contribution in [-0.2, 0) is 30.5 Å². The van der Waals surface area contributed by atoms with Gasteiger partial charge in [-0.15, -0.1) is 10.2 Å². The number of benzene rings is 1. The fraction of sp³-hybridized carbons (Fsp3) is 0.412. The Labute approximate surface area is 171 Å². The summed E-state index contributed by atoms with van der Waals surface area (Å²) in [6, 6.07) is -1.17. The van der Waals surface area contributed by atoms with Crippen LogP contribution in [0.5, 0.6) is 0 Å². The molecule has 0 fully saturated rings. The van der Waals surface area contributed by atoms with Crippen molar-refractivity contribution in [2.24, 2.45) is 5.73 Å². The van der Waals surface area contributed by atoms with Crippen LogP contribution in [0.2, 0.25) is 0 Å². The lowest BCUT2D eigenvalue weighted by Crippen LogP contribution is -2.45. The number of nitrogens with one attached hydrogen (secondary N) is 1. The van der Waals surface area contributed by atoms with E-state index in [2.05, 4.69) is 15.5 Å². The van der Waals surface area contributed by atoms with Crippen LogP contribution < -0.4 is 11.1 Å². The van der Waals surface area contributed by atoms with E-state index in [1.807, 2.05) is 0 Å². The van der Waals surface area contributed by atoms with E-state index in [9.17, 15) is 35.9 Å². The maximum Gasteiger partial charge on any atom is 0.451 e. The molecule has 0 bridgehead atoms. The fourth-order valence-electron chi connectivity index (χ4n) is 3.28. The van der Waals surface area contributed by atoms with E-state index in [1.165, 1.54) is 4.90 Å². The van der Waals surface area contributed by atoms with Gasteiger partial charge in [-0.25, -0.2) is 18.0 Å². The molecule has 0 aliphatic carbocycles. The predicted octanol–water partition coefficient (Wildman–Crippen LogP) is 1.73. The maximum absolute atomic E-state index is 13.9. The minimum absolute atomic E-state index is 0.0713. The summed E-state index contributed by atoms with van der Waals surface area (Å²) in [5.41, 5.74) is 4.78. The van der Waals surface area contributed by atoms with Crippen molar-refractivity contribution in [2.45, 2.75) is 38.1 Å². The number of nitrogens with two attached hydrogens (primary N) is 1. The number of primary amides is 1. The van der Waals surface area contributed by atoms with Crippen molar-refractivity contribution in [1.82, 2.24) is 25.0 Å². The number of nitrogens with zero attached hydrogens (tertiary/aromatic N) is 4. The number of fused-ring (bicyclic) bond motifs is 1. The molecule has 1 aliphatic heterocycles. The van der Waals surface area contributed by atoms with Crippen LogP contribution in [0.3, 0.4) is 0 Å². The Bertz CT molecular complexity index is 1010. The van der Waals surface area contributed by atoms with Crippen LogP contribution in [0.1, 0.15) is 23.6 Å². The molecule has 3 amide bonds. The highest BCUT2D eigenvalue weighted by atomic mass is 19.4. The Morgan fingerprint density at radius 2 is 1.77 bits per heavy atom. The van der Waals surface area contributed by atoms with Gasteiger partial charge < -0.3 is 20.5 Å². The summed E-state index contributed by atoms with van der Waals surface area (Å²) in [6.07, 6.45) is -5.48. The second kappa shape index (κ2) is 8.43. The molecule has 3 N–H and O–H groups in total. The van der Waals surface area contributed by atoms with Gasteiger partial charge in [0.15, 0.2) is 17.5 Å². The van der Waals surface area contributed by atoms with Crippen molar-refractivity contribution >= 4 is 11.9 Å². The van der Waals surface area contributed by atoms with Crippen LogP contribution in [0.15, 0.2) is 12.1 Å². The van der Waals surface area contributed by atoms with Crippen LogP contribution >= 0.6 is 0 Å². The van der Waals surface area contributed by atoms with Crippen molar-refractivity contribution in [1.29, 1.82) is 0 Å². The van der Waals surface area contributed by atoms with E-state index >= 15 is 0 Å². The molecule has 168 valence electrons. The molecule has 0 saturated heterocycles. The highest BCUT2D eigenvalue weighted by molar-refractivity contribution is 5.78. The number of carbonyl (C=O) groups excluding carboxylic acids is 2. The van der Waals surface area contributed by atoms with Crippen LogP contribution in [0, 0.1) is 17.5 Å². The summed E-state index contributed by atoms with van der Waals surface area (Å²) >= 11 is 0. The molecule has 0 spiro atoms. The molecule has 14 heteroatoms. The van der Waals surface area contributed by atoms with Crippen LogP contribution in [-0.4, -0.2) is 44.2 Å². The third kappa shape index (κ3) is 5.06. The topological polar surface area (TPSA) is 106 Å². The van der Waals surface area contributed by atoms with Gasteiger partial charge in [0.05, 0.1) is 6.54 Å². The number of carbonyl (C=O) groups is 2. The van der Waals surface area contributed by atoms with Gasteiger partial charge in [-0.05, 0) is 18.1 Å². The quantitative estimate of drug-likeness (QED) is 0.535. The highest BCUT2D eigenvalue weighted by Gasteiger charge is 2.40. The number of alkyl halides is 3. The van der Waals surface area contributed by atoms with E-state index in [-0.39, 0.29) is 37.4 Å². The van der Waals surface area contributed by atoms with Gasteiger partial charge in [-0.1, -0.05) is 0 Å². The molecule has 1 aromatic heterocycles. The molecule has 2 aromatic rings. The molecule has 8 nitrogen and oxygen atoms in total. The SMILES string of the molecule is NC(=O)N[C@@H](CC(=O)N1CCn2c(nnc2C(F)(F)F)C1)Cc1cc(F)c(F)cc1F. The average Bonchev–Trinajstić information content (AvgIpc) is 3.09. The van der Waals surface area contributed by atoms with Crippen molar-refractivity contribution in [2.75, 3.05) is 6.54 Å². The van der Waals surface area contributed by atoms with Gasteiger partial charge in [0.2, 0.25) is 11.7 Å². The lowest BCUT2D eigenvalue weighted by molar-refractivity contribution is -0.148. The predicted molar refractivity (Wildman–Crippen MR) is 91.6 cm³/mol. The fourth-order valence-corrected chi connectivity index (χ4v) is 3.28. The van der Waals surface area contributed by atoms with E-state index in [0.717, 1.165) is 4.57 Å². The molecular formula is C17H16F6N6O2. The maximum atomic E-state index is 13.9. The monoisotopic (exact) mass is 450 g/mol. The van der Waals surface area contributed by atoms with Crippen LogP contribution in [0.25, 0.3) is 0 Å². The Balaban J connectivity index is 1.72. The van der Waals surface area contributed by atoms with Gasteiger partial charge in [0, 0.05) is 31.6 Å². The Kier molecular flexibility index (Phi) is 6.08. The summed E-state index contributed by atoms with van der Waals surface area (Å²) in [6.45, 7) is -0.546. The smallest absolute Gasteiger partial charge is 0.352 e. The summed E-state index contributed by atoms with van der Waals surface area (Å²) < 4.78 is 80.1. The molecule has 0 unspecified atom stereocenters. The molecule has 1 atom stereocenters. The normalized spacial score (nSPS) is 14.8. The standard InChI is InChI=1S/C17H16F6N6O2/c18-10-6-12(20)11(19)4-8(10)3-9(25-16(24)31)5-14(30)28-1-2-29-13(7-28)26-27-15(29)17(21,22)23/h4,6,9H,1-3,5,7H2,(H3,24,25,31)/t9-/m1/s1. The summed E-state index contributed by atoms with van der Waals surface area (Å²) in [4.78, 5) is 25.1. The third-order valence-corrected chi connectivity index (χ3v) is 4.68. The largest absolute Gasteiger partial charge is 0.451 e.